The second-order valence-corrected chi connectivity index (χ2v) is 4.49. The summed E-state index contributed by atoms with van der Waals surface area (Å²) >= 11 is 9.07. The lowest BCUT2D eigenvalue weighted by atomic mass is 10.1. The maximum absolute atomic E-state index is 13.2. The van der Waals surface area contributed by atoms with E-state index in [0.29, 0.717) is 10.0 Å². The molecule has 1 nitrogen and oxygen atoms in total. The van der Waals surface area contributed by atoms with Crippen LogP contribution in [0, 0.1) is 5.82 Å². The Bertz CT molecular complexity index is 351. The largest absolute Gasteiger partial charge is 0.293 e. The van der Waals surface area contributed by atoms with Gasteiger partial charge in [0.15, 0.2) is 11.6 Å². The fraction of sp³-hybridized carbons (Fsp3) is 0.125. The predicted molar refractivity (Wildman–Crippen MR) is 59.9 cm³/mol. The zero-order chi connectivity index (χ0) is 10.0. The summed E-state index contributed by atoms with van der Waals surface area (Å²) in [6.07, 6.45) is 0. The molecule has 1 aromatic carbocycles. The van der Waals surface area contributed by atoms with Gasteiger partial charge in [-0.25, -0.2) is 4.39 Å². The summed E-state index contributed by atoms with van der Waals surface area (Å²) in [5.74, 6) is -0.606. The second-order valence-electron chi connectivity index (χ2n) is 2.28. The van der Waals surface area contributed by atoms with Gasteiger partial charge in [0.25, 0.3) is 0 Å². The van der Waals surface area contributed by atoms with Gasteiger partial charge in [-0.2, -0.15) is 0 Å². The summed E-state index contributed by atoms with van der Waals surface area (Å²) in [4.78, 5) is 11.2. The molecule has 13 heavy (non-hydrogen) atoms. The summed E-state index contributed by atoms with van der Waals surface area (Å²) in [6, 6.07) is 3.08. The smallest absolute Gasteiger partial charge is 0.174 e. The van der Waals surface area contributed by atoms with Gasteiger partial charge in [-0.1, -0.05) is 15.9 Å². The second kappa shape index (κ2) is 4.66. The number of Topliss-reactive ketones (excluding diaryl/α,β-unsaturated/α-hetero) is 1. The van der Waals surface area contributed by atoms with Gasteiger partial charge < -0.3 is 0 Å². The minimum absolute atomic E-state index is 0.154. The first kappa shape index (κ1) is 11.3. The van der Waals surface area contributed by atoms with Gasteiger partial charge in [0, 0.05) is 5.56 Å². The van der Waals surface area contributed by atoms with E-state index in [1.54, 1.807) is 6.07 Å². The average molecular weight is 375 g/mol. The van der Waals surface area contributed by atoms with Crippen LogP contribution in [0.15, 0.2) is 21.1 Å². The number of benzene rings is 1. The van der Waals surface area contributed by atoms with E-state index >= 15 is 0 Å². The highest BCUT2D eigenvalue weighted by Crippen LogP contribution is 2.27. The van der Waals surface area contributed by atoms with E-state index in [9.17, 15) is 9.18 Å². The lowest BCUT2D eigenvalue weighted by molar-refractivity contribution is 0.102. The summed E-state index contributed by atoms with van der Waals surface area (Å²) < 4.78 is 13.8. The van der Waals surface area contributed by atoms with Gasteiger partial charge in [0.05, 0.1) is 14.3 Å². The van der Waals surface area contributed by atoms with Gasteiger partial charge in [-0.15, -0.1) is 0 Å². The molecular formula is C8H4Br3FO. The van der Waals surface area contributed by atoms with Crippen LogP contribution in [0.2, 0.25) is 0 Å². The minimum atomic E-state index is -0.452. The molecule has 0 aliphatic carbocycles. The Morgan fingerprint density at radius 2 is 2.00 bits per heavy atom. The van der Waals surface area contributed by atoms with Crippen LogP contribution in [-0.2, 0) is 0 Å². The summed E-state index contributed by atoms with van der Waals surface area (Å²) in [5, 5.41) is 0.187. The lowest BCUT2D eigenvalue weighted by Crippen LogP contribution is -2.02. The van der Waals surface area contributed by atoms with E-state index in [0.717, 1.165) is 0 Å². The first-order chi connectivity index (χ1) is 6.07. The summed E-state index contributed by atoms with van der Waals surface area (Å²) in [7, 11) is 0. The maximum atomic E-state index is 13.2. The number of ketones is 1. The Hall–Kier alpha value is 0.260. The third-order valence-electron chi connectivity index (χ3n) is 1.46. The van der Waals surface area contributed by atoms with Crippen molar-refractivity contribution in [3.8, 4) is 0 Å². The van der Waals surface area contributed by atoms with Crippen LogP contribution in [0.4, 0.5) is 4.39 Å². The third-order valence-corrected chi connectivity index (χ3v) is 3.35. The molecular weight excluding hydrogens is 371 g/mol. The quantitative estimate of drug-likeness (QED) is 0.435. The molecule has 0 atom stereocenters. The first-order valence-corrected chi connectivity index (χ1v) is 6.01. The molecule has 0 fully saturated rings. The molecule has 0 aromatic heterocycles. The maximum Gasteiger partial charge on any atom is 0.174 e. The van der Waals surface area contributed by atoms with Crippen molar-refractivity contribution >= 4 is 53.6 Å². The van der Waals surface area contributed by atoms with E-state index in [2.05, 4.69) is 47.8 Å². The van der Waals surface area contributed by atoms with Gasteiger partial charge in [-0.05, 0) is 44.0 Å². The fourth-order valence-corrected chi connectivity index (χ4v) is 2.28. The number of carbonyl (C=O) groups excluding carboxylic acids is 1. The lowest BCUT2D eigenvalue weighted by Gasteiger charge is -2.03. The van der Waals surface area contributed by atoms with E-state index in [4.69, 9.17) is 0 Å². The summed E-state index contributed by atoms with van der Waals surface area (Å²) in [6.45, 7) is 0. The SMILES string of the molecule is O=C(CBr)c1ccc(Br)c(F)c1Br. The Kier molecular flexibility index (Phi) is 4.06. The molecule has 0 unspecified atom stereocenters. The molecule has 1 rings (SSSR count). The average Bonchev–Trinajstić information content (AvgIpc) is 2.13. The normalized spacial score (nSPS) is 10.2. The molecule has 0 bridgehead atoms. The molecule has 0 saturated carbocycles. The molecule has 5 heteroatoms. The molecule has 70 valence electrons. The molecule has 0 heterocycles. The molecule has 0 aliphatic heterocycles. The highest BCUT2D eigenvalue weighted by atomic mass is 79.9. The van der Waals surface area contributed by atoms with Crippen LogP contribution >= 0.6 is 47.8 Å². The van der Waals surface area contributed by atoms with Crippen LogP contribution in [0.5, 0.6) is 0 Å². The number of rotatable bonds is 2. The van der Waals surface area contributed by atoms with Crippen LogP contribution in [0.3, 0.4) is 0 Å². The van der Waals surface area contributed by atoms with E-state index in [1.807, 2.05) is 0 Å². The number of hydrogen-bond acceptors (Lipinski definition) is 1. The van der Waals surface area contributed by atoms with E-state index < -0.39 is 5.82 Å². The van der Waals surface area contributed by atoms with Crippen LogP contribution in [-0.4, -0.2) is 11.1 Å². The topological polar surface area (TPSA) is 17.1 Å². The molecule has 0 amide bonds. The molecule has 1 aromatic rings. The number of carbonyl (C=O) groups is 1. The Morgan fingerprint density at radius 3 is 2.54 bits per heavy atom. The van der Waals surface area contributed by atoms with Gasteiger partial charge >= 0.3 is 0 Å². The van der Waals surface area contributed by atoms with Gasteiger partial charge in [-0.3, -0.25) is 4.79 Å². The standard InChI is InChI=1S/C8H4Br3FO/c9-3-6(13)4-1-2-5(10)8(12)7(4)11/h1-2H,3H2. The van der Waals surface area contributed by atoms with E-state index in [-0.39, 0.29) is 15.6 Å². The van der Waals surface area contributed by atoms with Crippen molar-refractivity contribution in [2.24, 2.45) is 0 Å². The van der Waals surface area contributed by atoms with Crippen LogP contribution in [0.1, 0.15) is 10.4 Å². The Labute approximate surface area is 100 Å². The number of halogens is 4. The zero-order valence-corrected chi connectivity index (χ0v) is 11.0. The third kappa shape index (κ3) is 2.39. The van der Waals surface area contributed by atoms with Crippen molar-refractivity contribution in [1.82, 2.24) is 0 Å². The summed E-state index contributed by atoms with van der Waals surface area (Å²) in [5.41, 5.74) is 0.345. The van der Waals surface area contributed by atoms with Crippen molar-refractivity contribution in [3.05, 3.63) is 32.5 Å². The Morgan fingerprint density at radius 1 is 1.38 bits per heavy atom. The van der Waals surface area contributed by atoms with Gasteiger partial charge in [0.2, 0.25) is 0 Å². The fourth-order valence-electron chi connectivity index (χ4n) is 0.813. The van der Waals surface area contributed by atoms with Crippen LogP contribution in [0.25, 0.3) is 0 Å². The number of hydrogen-bond donors (Lipinski definition) is 0. The molecule has 0 N–H and O–H groups in total. The van der Waals surface area contributed by atoms with Crippen molar-refractivity contribution in [2.45, 2.75) is 0 Å². The highest BCUT2D eigenvalue weighted by Gasteiger charge is 2.14. The highest BCUT2D eigenvalue weighted by molar-refractivity contribution is 9.11. The monoisotopic (exact) mass is 372 g/mol. The van der Waals surface area contributed by atoms with E-state index in [1.165, 1.54) is 6.07 Å². The Balaban J connectivity index is 3.26. The van der Waals surface area contributed by atoms with Crippen molar-refractivity contribution in [3.63, 3.8) is 0 Å². The van der Waals surface area contributed by atoms with Crippen LogP contribution < -0.4 is 0 Å². The molecule has 0 radical (unpaired) electrons. The predicted octanol–water partition coefficient (Wildman–Crippen LogP) is 3.93. The first-order valence-electron chi connectivity index (χ1n) is 3.30. The minimum Gasteiger partial charge on any atom is -0.293 e. The zero-order valence-electron chi connectivity index (χ0n) is 6.28. The van der Waals surface area contributed by atoms with Gasteiger partial charge in [0.1, 0.15) is 0 Å². The van der Waals surface area contributed by atoms with Crippen molar-refractivity contribution in [2.75, 3.05) is 5.33 Å². The molecule has 0 spiro atoms. The van der Waals surface area contributed by atoms with Crippen molar-refractivity contribution < 1.29 is 9.18 Å². The molecule has 0 aliphatic rings. The van der Waals surface area contributed by atoms with Crippen molar-refractivity contribution in [1.29, 1.82) is 0 Å². The molecule has 0 saturated heterocycles. The number of alkyl halides is 1.